The number of fused-ring (bicyclic) bond motifs is 1. The van der Waals surface area contributed by atoms with E-state index in [0.717, 1.165) is 11.3 Å². The molecule has 0 aliphatic rings. The van der Waals surface area contributed by atoms with Gasteiger partial charge >= 0.3 is 0 Å². The number of hydrogen-bond acceptors (Lipinski definition) is 6. The van der Waals surface area contributed by atoms with Crippen molar-refractivity contribution in [2.75, 3.05) is 19.0 Å². The molecule has 8 nitrogen and oxygen atoms in total. The molecule has 4 aromatic rings. The first-order valence-corrected chi connectivity index (χ1v) is 8.99. The van der Waals surface area contributed by atoms with Crippen molar-refractivity contribution in [3.05, 3.63) is 66.5 Å². The lowest BCUT2D eigenvalue weighted by Crippen LogP contribution is -2.20. The first kappa shape index (κ1) is 18.4. The maximum Gasteiger partial charge on any atom is 0.262 e. The molecule has 8 heteroatoms. The number of para-hydroxylation sites is 2. The predicted molar refractivity (Wildman–Crippen MR) is 108 cm³/mol. The number of carbonyl (C=O) groups is 1. The summed E-state index contributed by atoms with van der Waals surface area (Å²) in [4.78, 5) is 12.3. The van der Waals surface area contributed by atoms with E-state index in [2.05, 4.69) is 20.6 Å². The van der Waals surface area contributed by atoms with Gasteiger partial charge in [-0.15, -0.1) is 10.2 Å². The monoisotopic (exact) mass is 389 g/mol. The molecule has 0 spiro atoms. The Kier molecular flexibility index (Phi) is 5.07. The van der Waals surface area contributed by atoms with Crippen LogP contribution in [0.1, 0.15) is 5.82 Å². The minimum atomic E-state index is -0.272. The Hall–Kier alpha value is -3.94. The number of carbonyl (C=O) groups excluding carboxylic acids is 1. The zero-order valence-corrected chi connectivity index (χ0v) is 16.0. The van der Waals surface area contributed by atoms with Crippen LogP contribution in [-0.4, -0.2) is 39.4 Å². The topological polar surface area (TPSA) is 90.6 Å². The molecule has 29 heavy (non-hydrogen) atoms. The van der Waals surface area contributed by atoms with Gasteiger partial charge in [0.05, 0.1) is 12.8 Å². The Morgan fingerprint density at radius 2 is 1.86 bits per heavy atom. The van der Waals surface area contributed by atoms with Gasteiger partial charge in [0, 0.05) is 11.3 Å². The molecule has 0 unspecified atom stereocenters. The fourth-order valence-electron chi connectivity index (χ4n) is 2.88. The van der Waals surface area contributed by atoms with Crippen LogP contribution in [0.15, 0.2) is 60.7 Å². The summed E-state index contributed by atoms with van der Waals surface area (Å²) in [5.41, 5.74) is 2.95. The molecule has 4 rings (SSSR count). The molecule has 146 valence electrons. The second kappa shape index (κ2) is 7.97. The van der Waals surface area contributed by atoms with E-state index in [4.69, 9.17) is 9.47 Å². The summed E-state index contributed by atoms with van der Waals surface area (Å²) in [5.74, 6) is 1.53. The van der Waals surface area contributed by atoms with E-state index in [1.807, 2.05) is 55.5 Å². The van der Waals surface area contributed by atoms with Gasteiger partial charge in [0.2, 0.25) is 0 Å². The first-order valence-electron chi connectivity index (χ1n) is 8.99. The maximum absolute atomic E-state index is 12.3. The average molecular weight is 389 g/mol. The number of methoxy groups -OCH3 is 1. The molecular weight excluding hydrogens is 370 g/mol. The lowest BCUT2D eigenvalue weighted by molar-refractivity contribution is -0.118. The molecule has 2 aromatic carbocycles. The van der Waals surface area contributed by atoms with Gasteiger partial charge < -0.3 is 14.8 Å². The number of anilines is 1. The van der Waals surface area contributed by atoms with Gasteiger partial charge in [0.1, 0.15) is 0 Å². The van der Waals surface area contributed by atoms with Crippen molar-refractivity contribution in [3.8, 4) is 22.8 Å². The molecule has 0 fully saturated rings. The summed E-state index contributed by atoms with van der Waals surface area (Å²) in [5, 5.41) is 15.5. The number of nitrogens with zero attached hydrogens (tertiary/aromatic N) is 4. The second-order valence-electron chi connectivity index (χ2n) is 6.30. The maximum atomic E-state index is 12.3. The molecule has 0 radical (unpaired) electrons. The number of aryl methyl sites for hydroxylation is 1. The normalized spacial score (nSPS) is 10.7. The quantitative estimate of drug-likeness (QED) is 0.545. The molecular formula is C21H19N5O3. The van der Waals surface area contributed by atoms with E-state index in [0.29, 0.717) is 28.7 Å². The summed E-state index contributed by atoms with van der Waals surface area (Å²) in [6.45, 7) is 1.71. The van der Waals surface area contributed by atoms with E-state index < -0.39 is 0 Å². The molecule has 0 atom stereocenters. The molecule has 1 N–H and O–H groups in total. The highest BCUT2D eigenvalue weighted by atomic mass is 16.5. The first-order chi connectivity index (χ1) is 14.1. The molecule has 0 aliphatic heterocycles. The molecule has 0 aliphatic carbocycles. The summed E-state index contributed by atoms with van der Waals surface area (Å²) >= 11 is 0. The summed E-state index contributed by atoms with van der Waals surface area (Å²) in [7, 11) is 1.56. The molecule has 0 saturated carbocycles. The molecule has 2 heterocycles. The van der Waals surface area contributed by atoms with Gasteiger partial charge in [-0.3, -0.25) is 4.79 Å². The van der Waals surface area contributed by atoms with Crippen LogP contribution in [0.25, 0.3) is 16.9 Å². The van der Waals surface area contributed by atoms with Gasteiger partial charge in [-0.05, 0) is 43.3 Å². The zero-order valence-electron chi connectivity index (χ0n) is 16.0. The van der Waals surface area contributed by atoms with Crippen molar-refractivity contribution in [1.29, 1.82) is 0 Å². The van der Waals surface area contributed by atoms with Crippen LogP contribution in [0.3, 0.4) is 0 Å². The molecule has 0 bridgehead atoms. The van der Waals surface area contributed by atoms with Gasteiger partial charge in [0.15, 0.2) is 29.6 Å². The Morgan fingerprint density at radius 3 is 2.69 bits per heavy atom. The largest absolute Gasteiger partial charge is 0.493 e. The van der Waals surface area contributed by atoms with Crippen molar-refractivity contribution in [2.45, 2.75) is 6.92 Å². The van der Waals surface area contributed by atoms with Crippen molar-refractivity contribution >= 4 is 17.2 Å². The number of aromatic nitrogens is 4. The lowest BCUT2D eigenvalue weighted by atomic mass is 10.1. The Balaban J connectivity index is 1.46. The van der Waals surface area contributed by atoms with Crippen LogP contribution in [0.5, 0.6) is 11.5 Å². The predicted octanol–water partition coefficient (Wildman–Crippen LogP) is 3.13. The van der Waals surface area contributed by atoms with Crippen LogP contribution < -0.4 is 14.8 Å². The number of ether oxygens (including phenoxy) is 2. The fourth-order valence-corrected chi connectivity index (χ4v) is 2.88. The van der Waals surface area contributed by atoms with E-state index in [9.17, 15) is 4.79 Å². The summed E-state index contributed by atoms with van der Waals surface area (Å²) in [6.07, 6.45) is 0. The number of benzene rings is 2. The smallest absolute Gasteiger partial charge is 0.262 e. The molecule has 2 aromatic heterocycles. The van der Waals surface area contributed by atoms with E-state index in [1.54, 1.807) is 23.8 Å². The Bertz CT molecular complexity index is 1170. The van der Waals surface area contributed by atoms with Crippen LogP contribution in [0.4, 0.5) is 5.69 Å². The Labute approximate surface area is 167 Å². The van der Waals surface area contributed by atoms with E-state index in [1.165, 1.54) is 0 Å². The number of rotatable bonds is 6. The van der Waals surface area contributed by atoms with Crippen molar-refractivity contribution in [3.63, 3.8) is 0 Å². The van der Waals surface area contributed by atoms with Crippen molar-refractivity contribution in [2.24, 2.45) is 0 Å². The van der Waals surface area contributed by atoms with E-state index >= 15 is 0 Å². The third kappa shape index (κ3) is 4.01. The zero-order chi connectivity index (χ0) is 20.2. The van der Waals surface area contributed by atoms with Crippen molar-refractivity contribution in [1.82, 2.24) is 19.8 Å². The van der Waals surface area contributed by atoms with Gasteiger partial charge in [-0.1, -0.05) is 24.3 Å². The van der Waals surface area contributed by atoms with Crippen LogP contribution in [0.2, 0.25) is 0 Å². The lowest BCUT2D eigenvalue weighted by Gasteiger charge is -2.11. The summed E-state index contributed by atoms with van der Waals surface area (Å²) < 4.78 is 12.5. The minimum Gasteiger partial charge on any atom is -0.493 e. The van der Waals surface area contributed by atoms with Gasteiger partial charge in [-0.2, -0.15) is 9.61 Å². The Morgan fingerprint density at radius 1 is 1.03 bits per heavy atom. The van der Waals surface area contributed by atoms with Crippen molar-refractivity contribution < 1.29 is 14.3 Å². The molecule has 1 amide bonds. The van der Waals surface area contributed by atoms with Crippen LogP contribution >= 0.6 is 0 Å². The van der Waals surface area contributed by atoms with Crippen LogP contribution in [0, 0.1) is 6.92 Å². The third-order valence-corrected chi connectivity index (χ3v) is 4.29. The van der Waals surface area contributed by atoms with Crippen LogP contribution in [-0.2, 0) is 4.79 Å². The SMILES string of the molecule is COc1ccccc1OCC(=O)Nc1cccc(-c2ccc3nnc(C)n3n2)c1. The van der Waals surface area contributed by atoms with E-state index in [-0.39, 0.29) is 12.5 Å². The standard InChI is InChI=1S/C21H19N5O3/c1-14-23-24-20-11-10-17(25-26(14)20)15-6-5-7-16(12-15)22-21(27)13-29-19-9-4-3-8-18(19)28-2/h3-12H,13H2,1-2H3,(H,22,27). The highest BCUT2D eigenvalue weighted by molar-refractivity contribution is 5.92. The third-order valence-electron chi connectivity index (χ3n) is 4.29. The molecule has 0 saturated heterocycles. The average Bonchev–Trinajstić information content (AvgIpc) is 3.13. The van der Waals surface area contributed by atoms with Gasteiger partial charge in [-0.25, -0.2) is 0 Å². The highest BCUT2D eigenvalue weighted by Crippen LogP contribution is 2.26. The number of nitrogens with one attached hydrogen (secondary N) is 1. The second-order valence-corrected chi connectivity index (χ2v) is 6.30. The fraction of sp³-hybridized carbons (Fsp3) is 0.143. The minimum absolute atomic E-state index is 0.130. The number of hydrogen-bond donors (Lipinski definition) is 1. The highest BCUT2D eigenvalue weighted by Gasteiger charge is 2.09. The summed E-state index contributed by atoms with van der Waals surface area (Å²) in [6, 6.07) is 18.4. The number of amides is 1. The van der Waals surface area contributed by atoms with Gasteiger partial charge in [0.25, 0.3) is 5.91 Å².